The minimum atomic E-state index is -1.62. The summed E-state index contributed by atoms with van der Waals surface area (Å²) in [5, 5.41) is 9.69. The first-order chi connectivity index (χ1) is 24.4. The van der Waals surface area contributed by atoms with Crippen molar-refractivity contribution >= 4 is 23.0 Å². The van der Waals surface area contributed by atoms with Crippen LogP contribution in [0.1, 0.15) is 68.5 Å². The second kappa shape index (κ2) is 17.1. The van der Waals surface area contributed by atoms with E-state index in [2.05, 4.69) is 4.98 Å². The topological polar surface area (TPSA) is 104 Å². The molecular weight excluding hydrogens is 663 g/mol. The van der Waals surface area contributed by atoms with Crippen LogP contribution >= 0.6 is 0 Å². The molecule has 0 saturated carbocycles. The largest absolute Gasteiger partial charge is 0.492 e. The quantitative estimate of drug-likeness (QED) is 0.108. The summed E-state index contributed by atoms with van der Waals surface area (Å²) in [6, 6.07) is 18.1. The van der Waals surface area contributed by atoms with Crippen molar-refractivity contribution in [2.45, 2.75) is 70.8 Å². The molecule has 9 nitrogen and oxygen atoms in total. The number of hydrogen-bond acceptors (Lipinski definition) is 6. The maximum atomic E-state index is 16.1. The van der Waals surface area contributed by atoms with E-state index in [0.717, 1.165) is 34.2 Å². The van der Waals surface area contributed by atoms with Crippen molar-refractivity contribution in [3.63, 3.8) is 0 Å². The van der Waals surface area contributed by atoms with E-state index in [9.17, 15) is 9.59 Å². The van der Waals surface area contributed by atoms with E-state index < -0.39 is 35.4 Å². The summed E-state index contributed by atoms with van der Waals surface area (Å²) in [7, 11) is 0. The van der Waals surface area contributed by atoms with Crippen molar-refractivity contribution in [1.29, 1.82) is 0 Å². The number of halogens is 3. The van der Waals surface area contributed by atoms with Crippen LogP contribution in [0.15, 0.2) is 66.7 Å². The van der Waals surface area contributed by atoms with Crippen molar-refractivity contribution in [2.24, 2.45) is 0 Å². The second-order valence-electron chi connectivity index (χ2n) is 13.6. The number of carboxylic acid groups (broad SMARTS) is 1. The number of carbonyl (C=O) groups is 2. The molecule has 274 valence electrons. The van der Waals surface area contributed by atoms with Gasteiger partial charge in [0.2, 0.25) is 0 Å². The van der Waals surface area contributed by atoms with E-state index in [1.807, 2.05) is 66.4 Å². The van der Waals surface area contributed by atoms with Crippen molar-refractivity contribution < 1.29 is 42.1 Å². The number of aromatic nitrogens is 1. The molecule has 1 aliphatic heterocycles. The summed E-state index contributed by atoms with van der Waals surface area (Å²) < 4.78 is 63.7. The van der Waals surface area contributed by atoms with Gasteiger partial charge in [0, 0.05) is 60.0 Å². The van der Waals surface area contributed by atoms with Gasteiger partial charge in [0.25, 0.3) is 0 Å². The minimum absolute atomic E-state index is 0.0314. The number of unbranched alkanes of at least 4 members (excludes halogenated alkanes) is 2. The van der Waals surface area contributed by atoms with Gasteiger partial charge in [-0.05, 0) is 63.6 Å². The maximum Gasteiger partial charge on any atom is 0.410 e. The summed E-state index contributed by atoms with van der Waals surface area (Å²) in [4.78, 5) is 30.4. The number of nitrogens with one attached hydrogen (secondary N) is 1. The van der Waals surface area contributed by atoms with Crippen LogP contribution in [0, 0.1) is 11.6 Å². The minimum Gasteiger partial charge on any atom is -0.492 e. The Morgan fingerprint density at radius 1 is 0.980 bits per heavy atom. The summed E-state index contributed by atoms with van der Waals surface area (Å²) >= 11 is 0. The zero-order chi connectivity index (χ0) is 36.5. The summed E-state index contributed by atoms with van der Waals surface area (Å²) in [6.07, 6.45) is 1.92. The number of ether oxygens (including phenoxy) is 3. The van der Waals surface area contributed by atoms with E-state index in [1.54, 1.807) is 0 Å². The molecule has 1 amide bonds. The summed E-state index contributed by atoms with van der Waals surface area (Å²) in [5.74, 6) is -2.72. The van der Waals surface area contributed by atoms with Crippen molar-refractivity contribution in [1.82, 2.24) is 14.8 Å². The number of nitrogens with zero attached hydrogens (tertiary/aromatic N) is 2. The molecule has 4 aromatic rings. The van der Waals surface area contributed by atoms with Crippen LogP contribution in [0.4, 0.5) is 18.0 Å². The molecule has 3 aromatic carbocycles. The molecule has 1 aliphatic rings. The van der Waals surface area contributed by atoms with Gasteiger partial charge in [-0.3, -0.25) is 4.90 Å². The first kappa shape index (κ1) is 37.7. The van der Waals surface area contributed by atoms with Gasteiger partial charge in [-0.25, -0.2) is 22.8 Å². The molecular formula is C39H46F3N3O6. The fourth-order valence-corrected chi connectivity index (χ4v) is 6.63. The summed E-state index contributed by atoms with van der Waals surface area (Å²) in [6.45, 7) is 5.17. The predicted molar refractivity (Wildman–Crippen MR) is 188 cm³/mol. The molecule has 51 heavy (non-hydrogen) atoms. The van der Waals surface area contributed by atoms with Gasteiger partial charge >= 0.3 is 12.1 Å². The van der Waals surface area contributed by atoms with E-state index in [0.29, 0.717) is 37.9 Å². The molecule has 12 heteroatoms. The number of carbonyl (C=O) groups excluding carboxylic acids is 1. The number of para-hydroxylation sites is 1. The summed E-state index contributed by atoms with van der Waals surface area (Å²) in [5.41, 5.74) is 1.47. The molecule has 0 aliphatic carbocycles. The number of rotatable bonds is 17. The molecule has 2 atom stereocenters. The standard InChI is InChI=1S/C39H46F3N3O6/c1-26-20-30-29-14-8-9-15-33(29)43-36(30)37(45(26)25-39(2,3)42)35-31(40)21-28(22-32(35)41)50-19-17-44(16-10-5-11-18-49-24-34(46)47)38(48)51-23-27-12-6-4-7-13-27/h4,6-9,12-15,21-22,26,37,43H,5,10-11,16-20,23-25H2,1-3H3,(H,46,47)/t26-,37-/m1/s1. The number of hydrogen-bond donors (Lipinski definition) is 2. The number of aromatic amines is 1. The molecule has 0 fully saturated rings. The normalized spacial score (nSPS) is 16.2. The number of aliphatic carboxylic acids is 1. The molecule has 0 bridgehead atoms. The number of carboxylic acids is 1. The van der Waals surface area contributed by atoms with E-state index >= 15 is 13.2 Å². The molecule has 2 N–H and O–H groups in total. The fraction of sp³-hybridized carbons (Fsp3) is 0.436. The fourth-order valence-electron chi connectivity index (χ4n) is 6.63. The maximum absolute atomic E-state index is 16.1. The van der Waals surface area contributed by atoms with Crippen molar-refractivity contribution in [3.8, 4) is 5.75 Å². The van der Waals surface area contributed by atoms with Crippen molar-refractivity contribution in [3.05, 3.63) is 101 Å². The Kier molecular flexibility index (Phi) is 12.6. The zero-order valence-corrected chi connectivity index (χ0v) is 29.3. The molecule has 5 rings (SSSR count). The van der Waals surface area contributed by atoms with Gasteiger partial charge < -0.3 is 29.2 Å². The highest BCUT2D eigenvalue weighted by molar-refractivity contribution is 5.85. The molecule has 2 heterocycles. The van der Waals surface area contributed by atoms with Gasteiger partial charge in [0.05, 0.1) is 12.6 Å². The van der Waals surface area contributed by atoms with Crippen molar-refractivity contribution in [2.75, 3.05) is 39.5 Å². The lowest BCUT2D eigenvalue weighted by atomic mass is 9.87. The van der Waals surface area contributed by atoms with Gasteiger partial charge in [-0.2, -0.15) is 0 Å². The van der Waals surface area contributed by atoms with E-state index in [-0.39, 0.29) is 56.9 Å². The number of fused-ring (bicyclic) bond motifs is 3. The van der Waals surface area contributed by atoms with E-state index in [4.69, 9.17) is 19.3 Å². The van der Waals surface area contributed by atoms with Gasteiger partial charge in [-0.1, -0.05) is 48.5 Å². The SMILES string of the molecule is C[C@@H]1Cc2c([nH]c3ccccc23)[C@@H](c2c(F)cc(OCCN(CCCCCOCC(=O)O)C(=O)OCc3ccccc3)cc2F)N1CC(C)(C)F. The Morgan fingerprint density at radius 3 is 2.39 bits per heavy atom. The van der Waals surface area contributed by atoms with Gasteiger partial charge in [-0.15, -0.1) is 0 Å². The van der Waals surface area contributed by atoms with Gasteiger partial charge in [0.15, 0.2) is 0 Å². The number of alkyl halides is 1. The second-order valence-corrected chi connectivity index (χ2v) is 13.6. The highest BCUT2D eigenvalue weighted by Crippen LogP contribution is 2.43. The molecule has 0 saturated heterocycles. The first-order valence-corrected chi connectivity index (χ1v) is 17.3. The lowest BCUT2D eigenvalue weighted by molar-refractivity contribution is -0.142. The number of H-pyrrole nitrogens is 1. The number of benzene rings is 3. The van der Waals surface area contributed by atoms with Gasteiger partial charge in [0.1, 0.15) is 42.9 Å². The van der Waals surface area contributed by atoms with E-state index in [1.165, 1.54) is 18.7 Å². The first-order valence-electron chi connectivity index (χ1n) is 17.3. The number of amides is 1. The average Bonchev–Trinajstić information content (AvgIpc) is 3.44. The van der Waals surface area contributed by atoms with Crippen LogP contribution in [0.25, 0.3) is 10.9 Å². The highest BCUT2D eigenvalue weighted by Gasteiger charge is 2.41. The Hall–Kier alpha value is -4.55. The highest BCUT2D eigenvalue weighted by atomic mass is 19.1. The lowest BCUT2D eigenvalue weighted by Crippen LogP contribution is -2.48. The van der Waals surface area contributed by atoms with Crippen LogP contribution in [0.5, 0.6) is 5.75 Å². The van der Waals surface area contributed by atoms with Crippen LogP contribution in [-0.4, -0.2) is 83.1 Å². The van der Waals surface area contributed by atoms with Crippen LogP contribution in [0.2, 0.25) is 0 Å². The molecule has 0 unspecified atom stereocenters. The third-order valence-electron chi connectivity index (χ3n) is 8.94. The lowest BCUT2D eigenvalue weighted by Gasteiger charge is -2.43. The van der Waals surface area contributed by atoms with Crippen LogP contribution in [0.3, 0.4) is 0 Å². The Bertz CT molecular complexity index is 1750. The Balaban J connectivity index is 1.29. The third kappa shape index (κ3) is 10.0. The Labute approximate surface area is 296 Å². The molecule has 0 radical (unpaired) electrons. The monoisotopic (exact) mass is 709 g/mol. The Morgan fingerprint density at radius 2 is 1.69 bits per heavy atom. The van der Waals surface area contributed by atoms with Crippen LogP contribution in [-0.2, 0) is 27.3 Å². The predicted octanol–water partition coefficient (Wildman–Crippen LogP) is 7.82. The molecule has 1 aromatic heterocycles. The average molecular weight is 710 g/mol. The third-order valence-corrected chi connectivity index (χ3v) is 8.94. The molecule has 0 spiro atoms. The van der Waals surface area contributed by atoms with Crippen LogP contribution < -0.4 is 4.74 Å². The smallest absolute Gasteiger partial charge is 0.410 e. The zero-order valence-electron chi connectivity index (χ0n) is 29.3.